The summed E-state index contributed by atoms with van der Waals surface area (Å²) in [5.41, 5.74) is 44.4. The molecule has 0 bridgehead atoms. The number of benzene rings is 18. The van der Waals surface area contributed by atoms with Crippen LogP contribution in [-0.4, -0.2) is 15.8 Å². The molecule has 22 rings (SSSR count). The fraction of sp³-hybridized carbons (Fsp3) is 0.100. The monoisotopic (exact) mass is 1600 g/mol. The minimum Gasteiger partial charge on any atom is -0.310 e. The molecule has 0 fully saturated rings. The Balaban J connectivity index is 0.906. The summed E-state index contributed by atoms with van der Waals surface area (Å²) in [7, 11) is 0. The molecule has 20 aromatic rings. The summed E-state index contributed by atoms with van der Waals surface area (Å²) in [4.78, 5) is 5.51. The maximum Gasteiger partial charge on any atom is 0.252 e. The van der Waals surface area contributed by atoms with E-state index in [-0.39, 0.29) is 17.5 Å². The highest BCUT2D eigenvalue weighted by molar-refractivity contribution is 7.00. The fourth-order valence-corrected chi connectivity index (χ4v) is 20.1. The van der Waals surface area contributed by atoms with Gasteiger partial charge in [-0.3, -0.25) is 0 Å². The van der Waals surface area contributed by atoms with E-state index in [0.717, 1.165) is 145 Å². The van der Waals surface area contributed by atoms with Crippen molar-refractivity contribution in [3.05, 3.63) is 428 Å². The number of hydrogen-bond acceptors (Lipinski definition) is 2. The summed E-state index contributed by atoms with van der Waals surface area (Å²) in [6.45, 7) is 22.8. The van der Waals surface area contributed by atoms with Gasteiger partial charge >= 0.3 is 0 Å². The van der Waals surface area contributed by atoms with E-state index in [2.05, 4.69) is 482 Å². The zero-order chi connectivity index (χ0) is 84.7. The summed E-state index contributed by atoms with van der Waals surface area (Å²) in [5.74, 6) is 0. The number of aromatic nitrogens is 2. The maximum absolute atomic E-state index is 2.75. The van der Waals surface area contributed by atoms with Crippen LogP contribution in [0, 0.1) is 27.7 Å². The van der Waals surface area contributed by atoms with Crippen LogP contribution in [0.5, 0.6) is 0 Å². The molecular formula is C120H95BN4. The first-order valence-electron chi connectivity index (χ1n) is 44.0. The maximum atomic E-state index is 2.75. The van der Waals surface area contributed by atoms with Crippen molar-refractivity contribution in [2.75, 3.05) is 9.80 Å². The molecule has 4 heterocycles. The number of anilines is 6. The first-order valence-corrected chi connectivity index (χ1v) is 44.0. The lowest BCUT2D eigenvalue weighted by Gasteiger charge is -2.46. The largest absolute Gasteiger partial charge is 0.310 e. The molecule has 0 aliphatic carbocycles. The van der Waals surface area contributed by atoms with Gasteiger partial charge in [0.05, 0.1) is 33.4 Å². The smallest absolute Gasteiger partial charge is 0.252 e. The minimum atomic E-state index is -0.326. The second-order valence-corrected chi connectivity index (χ2v) is 36.8. The molecule has 18 aromatic carbocycles. The van der Waals surface area contributed by atoms with E-state index in [0.29, 0.717) is 0 Å². The van der Waals surface area contributed by atoms with Crippen LogP contribution in [0.2, 0.25) is 0 Å². The van der Waals surface area contributed by atoms with Crippen LogP contribution in [0.1, 0.15) is 74.9 Å². The number of hydrogen-bond donors (Lipinski definition) is 0. The van der Waals surface area contributed by atoms with Crippen molar-refractivity contribution in [3.63, 3.8) is 0 Å². The average Bonchev–Trinajstić information content (AvgIpc) is 0.795. The van der Waals surface area contributed by atoms with Crippen molar-refractivity contribution < 1.29 is 0 Å². The van der Waals surface area contributed by atoms with Crippen LogP contribution >= 0.6 is 0 Å². The third-order valence-electron chi connectivity index (χ3n) is 26.3. The Morgan fingerprint density at radius 2 is 0.472 bits per heavy atom. The van der Waals surface area contributed by atoms with Gasteiger partial charge in [0.1, 0.15) is 0 Å². The Bertz CT molecular complexity index is 7160. The summed E-state index contributed by atoms with van der Waals surface area (Å²) in [6.07, 6.45) is 0. The molecule has 2 aromatic heterocycles. The van der Waals surface area contributed by atoms with Gasteiger partial charge in [-0.2, -0.15) is 0 Å². The van der Waals surface area contributed by atoms with Crippen molar-refractivity contribution in [2.45, 2.75) is 80.1 Å². The molecule has 0 N–H and O–H groups in total. The molecule has 0 atom stereocenters. The van der Waals surface area contributed by atoms with E-state index < -0.39 is 0 Å². The minimum absolute atomic E-state index is 0.279. The number of fused-ring (bicyclic) bond motifs is 10. The van der Waals surface area contributed by atoms with Crippen molar-refractivity contribution in [1.29, 1.82) is 0 Å². The summed E-state index contributed by atoms with van der Waals surface area (Å²) >= 11 is 0. The predicted molar refractivity (Wildman–Crippen MR) is 534 cm³/mol. The zero-order valence-electron chi connectivity index (χ0n) is 72.4. The van der Waals surface area contributed by atoms with Crippen molar-refractivity contribution >= 4 is 101 Å². The van der Waals surface area contributed by atoms with Crippen LogP contribution in [0.15, 0.2) is 394 Å². The molecule has 2 aliphatic rings. The Kier molecular flexibility index (Phi) is 18.4. The van der Waals surface area contributed by atoms with Gasteiger partial charge in [0.2, 0.25) is 0 Å². The van der Waals surface area contributed by atoms with Crippen LogP contribution in [0.25, 0.3) is 155 Å². The Morgan fingerprint density at radius 3 is 0.784 bits per heavy atom. The summed E-state index contributed by atoms with van der Waals surface area (Å²) < 4.78 is 5.08. The molecule has 4 nitrogen and oxygen atoms in total. The molecule has 0 radical (unpaired) electrons. The van der Waals surface area contributed by atoms with E-state index in [4.69, 9.17) is 0 Å². The highest BCUT2D eigenvalue weighted by Gasteiger charge is 2.47. The summed E-state index contributed by atoms with van der Waals surface area (Å²) in [5, 5.41) is 4.95. The number of aryl methyl sites for hydroxylation is 4. The third kappa shape index (κ3) is 13.3. The SMILES string of the molecule is Cc1ccc2c(c1)c1cc(C)ccc1n2-c1ccc2c(c1)N(c1c(-c3ccccc3)cc(C(C)(C)C)cc1-c1cccc(-c3cccc(-c4ccccc4)c3)c1)c1cc(-c3ccccc3)cc3c1B2c1ccc(-n2c4ccc(C)cc4c4cc(C)ccc42)cc1N3c1c(-c2ccccc2)cc(C(C)(C)C)cc1-c1cccc(-c2cccc(-c3ccccc3)c2)c1. The van der Waals surface area contributed by atoms with Crippen LogP contribution in [0.3, 0.4) is 0 Å². The molecule has 598 valence electrons. The lowest BCUT2D eigenvalue weighted by atomic mass is 9.33. The average molecular weight is 1600 g/mol. The second-order valence-electron chi connectivity index (χ2n) is 36.8. The van der Waals surface area contributed by atoms with Gasteiger partial charge in [-0.15, -0.1) is 0 Å². The molecule has 0 saturated carbocycles. The quantitative estimate of drug-likeness (QED) is 0.107. The van der Waals surface area contributed by atoms with E-state index in [1.54, 1.807) is 0 Å². The van der Waals surface area contributed by atoms with Crippen molar-refractivity contribution in [2.24, 2.45) is 0 Å². The molecule has 0 amide bonds. The van der Waals surface area contributed by atoms with Crippen molar-refractivity contribution in [3.8, 4) is 112 Å². The number of nitrogens with zero attached hydrogens (tertiary/aromatic N) is 4. The predicted octanol–water partition coefficient (Wildman–Crippen LogP) is 30.8. The molecular weight excluding hydrogens is 1510 g/mol. The molecule has 5 heteroatoms. The van der Waals surface area contributed by atoms with Gasteiger partial charge in [0.15, 0.2) is 0 Å². The van der Waals surface area contributed by atoms with Gasteiger partial charge in [-0.25, -0.2) is 0 Å². The molecule has 2 aliphatic heterocycles. The topological polar surface area (TPSA) is 16.3 Å². The van der Waals surface area contributed by atoms with Gasteiger partial charge < -0.3 is 18.9 Å². The van der Waals surface area contributed by atoms with Gasteiger partial charge in [-0.05, 0) is 277 Å². The van der Waals surface area contributed by atoms with E-state index in [1.165, 1.54) is 93.6 Å². The molecule has 125 heavy (non-hydrogen) atoms. The highest BCUT2D eigenvalue weighted by atomic mass is 15.2. The van der Waals surface area contributed by atoms with Crippen LogP contribution < -0.4 is 26.2 Å². The van der Waals surface area contributed by atoms with E-state index in [1.807, 2.05) is 0 Å². The fourth-order valence-electron chi connectivity index (χ4n) is 20.1. The Hall–Kier alpha value is -14.8. The second kappa shape index (κ2) is 30.1. The first kappa shape index (κ1) is 76.4. The van der Waals surface area contributed by atoms with E-state index in [9.17, 15) is 0 Å². The van der Waals surface area contributed by atoms with Crippen LogP contribution in [0.4, 0.5) is 34.1 Å². The molecule has 0 spiro atoms. The van der Waals surface area contributed by atoms with Crippen molar-refractivity contribution in [1.82, 2.24) is 9.13 Å². The summed E-state index contributed by atoms with van der Waals surface area (Å²) in [6, 6.07) is 151. The normalized spacial score (nSPS) is 12.5. The standard InChI is InChI=1S/C120H95BN4/c1-76-48-56-108-102(60-76)103-61-77(2)49-57-109(103)122(108)96-52-54-106-112(74-96)124(117-98(83-36-22-14-23-37-83)70-94(119(5,6)7)72-100(117)91-46-28-44-89(66-91)87-42-26-40-85(64-87)80-30-16-11-17-31-80)114-68-93(82-34-20-13-21-35-82)69-115-116(114)121(106)107-55-53-97(123-110-58-50-78(3)62-104(110)105-63-79(4)51-59-111(105)123)75-113(107)125(115)118-99(84-38-24-15-25-39-84)71-95(120(8,9)10)73-101(118)92-47-29-45-90(67-92)88-43-27-41-86(65-88)81-32-18-12-19-33-81/h11-75H,1-10H3. The zero-order valence-corrected chi connectivity index (χ0v) is 72.4. The first-order chi connectivity index (χ1) is 60.9. The highest BCUT2D eigenvalue weighted by Crippen LogP contribution is 2.57. The van der Waals surface area contributed by atoms with Gasteiger partial charge in [0, 0.05) is 77.9 Å². The molecule has 0 unspecified atom stereocenters. The third-order valence-corrected chi connectivity index (χ3v) is 26.3. The lowest BCUT2D eigenvalue weighted by Crippen LogP contribution is -2.61. The van der Waals surface area contributed by atoms with E-state index >= 15 is 0 Å². The molecule has 0 saturated heterocycles. The van der Waals surface area contributed by atoms with Gasteiger partial charge in [0.25, 0.3) is 6.71 Å². The Morgan fingerprint density at radius 1 is 0.208 bits per heavy atom. The Labute approximate surface area is 734 Å². The number of rotatable bonds is 13. The lowest BCUT2D eigenvalue weighted by molar-refractivity contribution is 0.590. The van der Waals surface area contributed by atoms with Gasteiger partial charge in [-0.1, -0.05) is 325 Å². The van der Waals surface area contributed by atoms with Crippen LogP contribution in [-0.2, 0) is 10.8 Å².